The van der Waals surface area contributed by atoms with Crippen LogP contribution in [0.2, 0.25) is 0 Å². The van der Waals surface area contributed by atoms with Crippen LogP contribution in [0.1, 0.15) is 49.2 Å². The predicted molar refractivity (Wildman–Crippen MR) is 115 cm³/mol. The third-order valence-electron chi connectivity index (χ3n) is 6.48. The van der Waals surface area contributed by atoms with Crippen molar-refractivity contribution in [3.8, 4) is 0 Å². The fourth-order valence-electron chi connectivity index (χ4n) is 5.01. The molecule has 3 aliphatic rings. The third-order valence-corrected chi connectivity index (χ3v) is 6.48. The van der Waals surface area contributed by atoms with E-state index in [0.29, 0.717) is 12.1 Å². The fourth-order valence-corrected chi connectivity index (χ4v) is 5.01. The van der Waals surface area contributed by atoms with Crippen molar-refractivity contribution in [2.45, 2.75) is 57.3 Å². The van der Waals surface area contributed by atoms with E-state index in [9.17, 15) is 0 Å². The molecule has 5 rings (SSSR count). The lowest BCUT2D eigenvalue weighted by molar-refractivity contribution is 0.255. The smallest absolute Gasteiger partial charge is 0.128 e. The largest absolute Gasteiger partial charge is 0.333 e. The van der Waals surface area contributed by atoms with Gasteiger partial charge in [0.15, 0.2) is 0 Å². The van der Waals surface area contributed by atoms with Crippen LogP contribution in [0.5, 0.6) is 0 Å². The summed E-state index contributed by atoms with van der Waals surface area (Å²) in [5.74, 6) is 1.05. The standard InChI is InChI=1S/C23H28N6/c1-15-7-6-12-25-22(15)17-8-4-9-18(26-17)23-16(2)29-19(10-5-11-21(29)27-23)20-13-24-14-28(20)3/h5-7,10-14,16-18,23,26H,4,8-9H2,1-3H3/t16?,17-,18+,23?/m0/s1. The number of piperidine rings is 1. The Bertz CT molecular complexity index is 1000. The van der Waals surface area contributed by atoms with E-state index in [4.69, 9.17) is 4.99 Å². The van der Waals surface area contributed by atoms with Gasteiger partial charge in [-0.2, -0.15) is 0 Å². The van der Waals surface area contributed by atoms with Crippen LogP contribution in [0.15, 0.2) is 54.1 Å². The van der Waals surface area contributed by atoms with E-state index in [1.807, 2.05) is 31.8 Å². The first-order valence-corrected chi connectivity index (χ1v) is 10.5. The Balaban J connectivity index is 1.40. The Kier molecular flexibility index (Phi) is 4.59. The lowest BCUT2D eigenvalue weighted by Crippen LogP contribution is -2.49. The second kappa shape index (κ2) is 7.26. The van der Waals surface area contributed by atoms with Gasteiger partial charge in [-0.1, -0.05) is 12.1 Å². The topological polar surface area (TPSA) is 58.3 Å². The number of imidazole rings is 1. The van der Waals surface area contributed by atoms with E-state index in [-0.39, 0.29) is 12.1 Å². The van der Waals surface area contributed by atoms with Crippen LogP contribution in [0.3, 0.4) is 0 Å². The molecule has 0 aromatic carbocycles. The van der Waals surface area contributed by atoms with Crippen molar-refractivity contribution in [1.82, 2.24) is 24.8 Å². The van der Waals surface area contributed by atoms with E-state index in [1.165, 1.54) is 23.4 Å². The molecule has 150 valence electrons. The maximum absolute atomic E-state index is 5.16. The summed E-state index contributed by atoms with van der Waals surface area (Å²) in [6, 6.07) is 5.34. The van der Waals surface area contributed by atoms with Crippen LogP contribution in [0.4, 0.5) is 0 Å². The number of aryl methyl sites for hydroxylation is 2. The number of pyridine rings is 1. The van der Waals surface area contributed by atoms with Crippen molar-refractivity contribution in [3.63, 3.8) is 0 Å². The van der Waals surface area contributed by atoms with Gasteiger partial charge in [-0.05, 0) is 56.9 Å². The fraction of sp³-hybridized carbons (Fsp3) is 0.435. The third kappa shape index (κ3) is 3.12. The summed E-state index contributed by atoms with van der Waals surface area (Å²) in [6.45, 7) is 4.45. The maximum Gasteiger partial charge on any atom is 0.128 e. The first-order chi connectivity index (χ1) is 14.1. The highest BCUT2D eigenvalue weighted by atomic mass is 15.3. The number of hydrogen-bond donors (Lipinski definition) is 1. The molecule has 6 heteroatoms. The zero-order chi connectivity index (χ0) is 20.0. The lowest BCUT2D eigenvalue weighted by Gasteiger charge is -2.37. The van der Waals surface area contributed by atoms with Crippen molar-refractivity contribution in [2.24, 2.45) is 12.0 Å². The van der Waals surface area contributed by atoms with Crippen LogP contribution < -0.4 is 5.32 Å². The average molecular weight is 389 g/mol. The minimum atomic E-state index is 0.219. The Morgan fingerprint density at radius 1 is 1.24 bits per heavy atom. The molecule has 0 amide bonds. The molecule has 0 aliphatic carbocycles. The van der Waals surface area contributed by atoms with Crippen LogP contribution in [0, 0.1) is 6.92 Å². The summed E-state index contributed by atoms with van der Waals surface area (Å²) >= 11 is 0. The minimum absolute atomic E-state index is 0.219. The Labute approximate surface area is 172 Å². The van der Waals surface area contributed by atoms with Gasteiger partial charge >= 0.3 is 0 Å². The summed E-state index contributed by atoms with van der Waals surface area (Å²) in [7, 11) is 2.04. The molecule has 2 unspecified atom stereocenters. The minimum Gasteiger partial charge on any atom is -0.333 e. The summed E-state index contributed by atoms with van der Waals surface area (Å²) in [5, 5.41) is 3.90. The zero-order valence-electron chi connectivity index (χ0n) is 17.3. The quantitative estimate of drug-likeness (QED) is 0.876. The van der Waals surface area contributed by atoms with Gasteiger partial charge in [-0.3, -0.25) is 9.98 Å². The number of amidine groups is 1. The van der Waals surface area contributed by atoms with Crippen molar-refractivity contribution in [2.75, 3.05) is 0 Å². The van der Waals surface area contributed by atoms with Crippen LogP contribution in [-0.2, 0) is 7.05 Å². The normalized spacial score (nSPS) is 28.9. The van der Waals surface area contributed by atoms with Crippen molar-refractivity contribution in [3.05, 3.63) is 66.0 Å². The highest BCUT2D eigenvalue weighted by molar-refractivity contribution is 6.02. The molecule has 0 radical (unpaired) electrons. The highest BCUT2D eigenvalue weighted by Crippen LogP contribution is 2.36. The maximum atomic E-state index is 5.16. The van der Waals surface area contributed by atoms with Crippen LogP contribution in [-0.4, -0.2) is 43.4 Å². The summed E-state index contributed by atoms with van der Waals surface area (Å²) < 4.78 is 2.07. The number of fused-ring (bicyclic) bond motifs is 1. The van der Waals surface area contributed by atoms with Gasteiger partial charge in [0.2, 0.25) is 0 Å². The molecule has 5 heterocycles. The van der Waals surface area contributed by atoms with Crippen LogP contribution >= 0.6 is 0 Å². The highest BCUT2D eigenvalue weighted by Gasteiger charge is 2.41. The first-order valence-electron chi connectivity index (χ1n) is 10.5. The monoisotopic (exact) mass is 388 g/mol. The number of aliphatic imine (C=N–C) groups is 1. The SMILES string of the molecule is Cc1cccnc1[C@@H]1CCC[C@H](C2N=C3C=CC=C(c4cncn4C)N3C2C)N1. The second-order valence-electron chi connectivity index (χ2n) is 8.35. The number of nitrogens with one attached hydrogen (secondary N) is 1. The van der Waals surface area contributed by atoms with Crippen LogP contribution in [0.25, 0.3) is 5.70 Å². The molecule has 0 bridgehead atoms. The predicted octanol–water partition coefficient (Wildman–Crippen LogP) is 3.39. The summed E-state index contributed by atoms with van der Waals surface area (Å²) in [4.78, 5) is 16.5. The zero-order valence-corrected chi connectivity index (χ0v) is 17.3. The van der Waals surface area contributed by atoms with Crippen molar-refractivity contribution in [1.29, 1.82) is 0 Å². The first kappa shape index (κ1) is 18.3. The molecule has 4 atom stereocenters. The Hall–Kier alpha value is -2.73. The molecule has 0 spiro atoms. The summed E-state index contributed by atoms with van der Waals surface area (Å²) in [6.07, 6.45) is 15.6. The molecule has 1 fully saturated rings. The number of rotatable bonds is 3. The molecule has 29 heavy (non-hydrogen) atoms. The van der Waals surface area contributed by atoms with Gasteiger partial charge < -0.3 is 14.8 Å². The second-order valence-corrected chi connectivity index (χ2v) is 8.35. The molecular weight excluding hydrogens is 360 g/mol. The van der Waals surface area contributed by atoms with Crippen molar-refractivity contribution < 1.29 is 0 Å². The summed E-state index contributed by atoms with van der Waals surface area (Å²) in [5.41, 5.74) is 4.74. The number of allylic oxidation sites excluding steroid dienone is 2. The molecule has 1 N–H and O–H groups in total. The van der Waals surface area contributed by atoms with E-state index in [2.05, 4.69) is 62.9 Å². The lowest BCUT2D eigenvalue weighted by atomic mass is 9.88. The Morgan fingerprint density at radius 3 is 2.93 bits per heavy atom. The van der Waals surface area contributed by atoms with Gasteiger partial charge in [0.25, 0.3) is 0 Å². The average Bonchev–Trinajstić information content (AvgIpc) is 3.32. The molecule has 1 saturated heterocycles. The van der Waals surface area contributed by atoms with Crippen molar-refractivity contribution >= 4 is 11.5 Å². The van der Waals surface area contributed by atoms with E-state index < -0.39 is 0 Å². The number of aromatic nitrogens is 3. The van der Waals surface area contributed by atoms with Gasteiger partial charge in [-0.25, -0.2) is 4.98 Å². The molecule has 2 aromatic heterocycles. The molecular formula is C23H28N6. The van der Waals surface area contributed by atoms with E-state index >= 15 is 0 Å². The van der Waals surface area contributed by atoms with E-state index in [1.54, 1.807) is 0 Å². The number of hydrogen-bond acceptors (Lipinski definition) is 5. The molecule has 3 aliphatic heterocycles. The molecule has 0 saturated carbocycles. The van der Waals surface area contributed by atoms with Gasteiger partial charge in [-0.15, -0.1) is 0 Å². The van der Waals surface area contributed by atoms with E-state index in [0.717, 1.165) is 24.4 Å². The number of nitrogens with zero attached hydrogens (tertiary/aromatic N) is 5. The molecule has 6 nitrogen and oxygen atoms in total. The van der Waals surface area contributed by atoms with Gasteiger partial charge in [0.1, 0.15) is 5.84 Å². The Morgan fingerprint density at radius 2 is 2.14 bits per heavy atom. The molecule has 2 aromatic rings. The van der Waals surface area contributed by atoms with Gasteiger partial charge in [0, 0.05) is 19.3 Å². The van der Waals surface area contributed by atoms with Gasteiger partial charge in [0.05, 0.1) is 47.7 Å².